The highest BCUT2D eigenvalue weighted by Gasteiger charge is 2.26. The van der Waals surface area contributed by atoms with Crippen LogP contribution in [-0.2, 0) is 0 Å². The van der Waals surface area contributed by atoms with Gasteiger partial charge >= 0.3 is 0 Å². The number of hydrogen-bond donors (Lipinski definition) is 0. The van der Waals surface area contributed by atoms with Crippen LogP contribution in [0.1, 0.15) is 34.8 Å². The Morgan fingerprint density at radius 3 is 2.91 bits per heavy atom. The molecule has 1 aliphatic heterocycles. The van der Waals surface area contributed by atoms with Crippen molar-refractivity contribution in [2.45, 2.75) is 18.8 Å². The fourth-order valence-electron chi connectivity index (χ4n) is 3.22. The molecule has 1 fully saturated rings. The smallest absolute Gasteiger partial charge is 0.253 e. The van der Waals surface area contributed by atoms with Gasteiger partial charge in [-0.3, -0.25) is 9.20 Å². The van der Waals surface area contributed by atoms with Crippen molar-refractivity contribution in [3.05, 3.63) is 59.1 Å². The number of nitrogens with zero attached hydrogens (tertiary/aromatic N) is 3. The Balaban J connectivity index is 1.47. The Labute approximate surface area is 137 Å². The first-order valence-electron chi connectivity index (χ1n) is 7.67. The average molecular weight is 329 g/mol. The monoisotopic (exact) mass is 329 g/mol. The van der Waals surface area contributed by atoms with Gasteiger partial charge < -0.3 is 4.90 Å². The maximum Gasteiger partial charge on any atom is 0.253 e. The van der Waals surface area contributed by atoms with Crippen molar-refractivity contribution in [1.82, 2.24) is 14.3 Å². The van der Waals surface area contributed by atoms with Crippen molar-refractivity contribution in [3.63, 3.8) is 0 Å². The lowest BCUT2D eigenvalue weighted by Crippen LogP contribution is -2.38. The summed E-state index contributed by atoms with van der Waals surface area (Å²) in [5, 5.41) is 2.16. The zero-order chi connectivity index (χ0) is 15.8. The summed E-state index contributed by atoms with van der Waals surface area (Å²) in [4.78, 5) is 19.6. The zero-order valence-electron chi connectivity index (χ0n) is 12.5. The van der Waals surface area contributed by atoms with Crippen LogP contribution >= 0.6 is 11.3 Å². The third-order valence-electron chi connectivity index (χ3n) is 4.44. The molecule has 1 amide bonds. The van der Waals surface area contributed by atoms with E-state index in [1.807, 2.05) is 17.3 Å². The molecule has 0 N–H and O–H groups in total. The van der Waals surface area contributed by atoms with E-state index >= 15 is 0 Å². The van der Waals surface area contributed by atoms with Crippen LogP contribution in [0, 0.1) is 5.82 Å². The molecule has 0 bridgehead atoms. The van der Waals surface area contributed by atoms with Crippen molar-refractivity contribution in [2.75, 3.05) is 13.1 Å². The third kappa shape index (κ3) is 2.63. The summed E-state index contributed by atoms with van der Waals surface area (Å²) in [6, 6.07) is 5.92. The van der Waals surface area contributed by atoms with Crippen LogP contribution < -0.4 is 0 Å². The Bertz CT molecular complexity index is 848. The predicted molar refractivity (Wildman–Crippen MR) is 87.3 cm³/mol. The molecule has 4 nitrogen and oxygen atoms in total. The summed E-state index contributed by atoms with van der Waals surface area (Å²) in [5.74, 6) is -0.0120. The van der Waals surface area contributed by atoms with Gasteiger partial charge in [-0.2, -0.15) is 0 Å². The Morgan fingerprint density at radius 2 is 2.13 bits per heavy atom. The number of benzene rings is 1. The molecule has 118 valence electrons. The minimum Gasteiger partial charge on any atom is -0.339 e. The van der Waals surface area contributed by atoms with E-state index in [4.69, 9.17) is 0 Å². The molecule has 1 aliphatic rings. The fraction of sp³-hybridized carbons (Fsp3) is 0.294. The molecule has 0 aliphatic carbocycles. The van der Waals surface area contributed by atoms with Crippen LogP contribution in [0.2, 0.25) is 0 Å². The summed E-state index contributed by atoms with van der Waals surface area (Å²) >= 11 is 1.65. The summed E-state index contributed by atoms with van der Waals surface area (Å²) in [6.45, 7) is 1.40. The predicted octanol–water partition coefficient (Wildman–Crippen LogP) is 3.55. The molecular formula is C17H16FN3OS. The van der Waals surface area contributed by atoms with E-state index in [0.717, 1.165) is 17.8 Å². The van der Waals surface area contributed by atoms with Gasteiger partial charge in [-0.25, -0.2) is 9.37 Å². The summed E-state index contributed by atoms with van der Waals surface area (Å²) in [6.07, 6.45) is 5.65. The SMILES string of the molecule is O=C(c1cccc(F)c1)N1CCC(c2csc3nccn23)CC1. The summed E-state index contributed by atoms with van der Waals surface area (Å²) in [7, 11) is 0. The number of thiazole rings is 1. The number of imidazole rings is 1. The number of halogens is 1. The van der Waals surface area contributed by atoms with Gasteiger partial charge in [-0.15, -0.1) is 11.3 Å². The van der Waals surface area contributed by atoms with Crippen LogP contribution in [0.5, 0.6) is 0 Å². The number of piperidine rings is 1. The largest absolute Gasteiger partial charge is 0.339 e. The maximum absolute atomic E-state index is 13.3. The number of amides is 1. The number of likely N-dealkylation sites (tertiary alicyclic amines) is 1. The van der Waals surface area contributed by atoms with Crippen LogP contribution in [0.3, 0.4) is 0 Å². The van der Waals surface area contributed by atoms with Crippen LogP contribution in [0.25, 0.3) is 4.96 Å². The number of fused-ring (bicyclic) bond motifs is 1. The average Bonchev–Trinajstić information content (AvgIpc) is 3.18. The number of hydrogen-bond acceptors (Lipinski definition) is 3. The van der Waals surface area contributed by atoms with Gasteiger partial charge in [0.2, 0.25) is 0 Å². The molecule has 2 aromatic heterocycles. The molecule has 23 heavy (non-hydrogen) atoms. The molecule has 3 heterocycles. The highest BCUT2D eigenvalue weighted by atomic mass is 32.1. The third-order valence-corrected chi connectivity index (χ3v) is 5.31. The van der Waals surface area contributed by atoms with Crippen molar-refractivity contribution >= 4 is 22.2 Å². The van der Waals surface area contributed by atoms with Gasteiger partial charge in [0, 0.05) is 48.0 Å². The first kappa shape index (κ1) is 14.4. The molecule has 6 heteroatoms. The Hall–Kier alpha value is -2.21. The van der Waals surface area contributed by atoms with Crippen LogP contribution in [0.4, 0.5) is 4.39 Å². The van der Waals surface area contributed by atoms with Crippen molar-refractivity contribution in [2.24, 2.45) is 0 Å². The second kappa shape index (κ2) is 5.77. The van der Waals surface area contributed by atoms with Gasteiger partial charge in [0.1, 0.15) is 5.82 Å². The minimum absolute atomic E-state index is 0.0824. The molecule has 0 saturated carbocycles. The molecular weight excluding hydrogens is 313 g/mol. The number of carbonyl (C=O) groups is 1. The molecule has 0 unspecified atom stereocenters. The number of rotatable bonds is 2. The first-order valence-corrected chi connectivity index (χ1v) is 8.55. The standard InChI is InChI=1S/C17H16FN3OS/c18-14-3-1-2-13(10-14)16(22)20-7-4-12(5-8-20)15-11-23-17-19-6-9-21(15)17/h1-3,6,9-12H,4-5,7-8H2. The van der Waals surface area contributed by atoms with E-state index in [1.54, 1.807) is 23.5 Å². The summed E-state index contributed by atoms with van der Waals surface area (Å²) in [5.41, 5.74) is 1.70. The van der Waals surface area contributed by atoms with Crippen molar-refractivity contribution < 1.29 is 9.18 Å². The minimum atomic E-state index is -0.369. The highest BCUT2D eigenvalue weighted by molar-refractivity contribution is 7.15. The molecule has 4 rings (SSSR count). The summed E-state index contributed by atoms with van der Waals surface area (Å²) < 4.78 is 15.4. The van der Waals surface area contributed by atoms with Crippen LogP contribution in [-0.4, -0.2) is 33.3 Å². The van der Waals surface area contributed by atoms with Gasteiger partial charge in [0.25, 0.3) is 5.91 Å². The molecule has 0 radical (unpaired) electrons. The normalized spacial score (nSPS) is 16.1. The molecule has 3 aromatic rings. The Morgan fingerprint density at radius 1 is 1.30 bits per heavy atom. The van der Waals surface area contributed by atoms with E-state index in [0.29, 0.717) is 24.6 Å². The van der Waals surface area contributed by atoms with Gasteiger partial charge in [-0.1, -0.05) is 6.07 Å². The van der Waals surface area contributed by atoms with Crippen molar-refractivity contribution in [3.8, 4) is 0 Å². The van der Waals surface area contributed by atoms with E-state index in [-0.39, 0.29) is 11.7 Å². The lowest BCUT2D eigenvalue weighted by Gasteiger charge is -2.32. The van der Waals surface area contributed by atoms with Gasteiger partial charge in [0.05, 0.1) is 0 Å². The molecule has 0 spiro atoms. The molecule has 1 aromatic carbocycles. The topological polar surface area (TPSA) is 37.6 Å². The van der Waals surface area contributed by atoms with E-state index in [9.17, 15) is 9.18 Å². The van der Waals surface area contributed by atoms with E-state index < -0.39 is 0 Å². The number of carbonyl (C=O) groups excluding carboxylic acids is 1. The van der Waals surface area contributed by atoms with Gasteiger partial charge in [-0.05, 0) is 31.0 Å². The second-order valence-corrected chi connectivity index (χ2v) is 6.65. The number of aromatic nitrogens is 2. The highest BCUT2D eigenvalue weighted by Crippen LogP contribution is 2.31. The van der Waals surface area contributed by atoms with E-state index in [2.05, 4.69) is 14.8 Å². The first-order chi connectivity index (χ1) is 11.2. The second-order valence-electron chi connectivity index (χ2n) is 5.82. The lowest BCUT2D eigenvalue weighted by molar-refractivity contribution is 0.0711. The fourth-order valence-corrected chi connectivity index (χ4v) is 4.15. The maximum atomic E-state index is 13.3. The molecule has 0 atom stereocenters. The van der Waals surface area contributed by atoms with Crippen LogP contribution in [0.15, 0.2) is 42.0 Å². The van der Waals surface area contributed by atoms with Gasteiger partial charge in [0.15, 0.2) is 4.96 Å². The van der Waals surface area contributed by atoms with E-state index in [1.165, 1.54) is 17.8 Å². The Kier molecular flexibility index (Phi) is 3.61. The zero-order valence-corrected chi connectivity index (χ0v) is 13.3. The van der Waals surface area contributed by atoms with Crippen molar-refractivity contribution in [1.29, 1.82) is 0 Å². The lowest BCUT2D eigenvalue weighted by atomic mass is 9.93. The quantitative estimate of drug-likeness (QED) is 0.721. The molecule has 1 saturated heterocycles.